The number of carbonyl (C=O) groups is 1. The standard InChI is InChI=1S/C18H25FN2O3S/c1-12(2)20-18(22)15-7-8-25(23,24)17-11-21(10-16(15)17)9-13-3-5-14(19)6-4-13/h3-6,12,15-17H,7-11H2,1-2H3,(H,20,22)/t15-,16+,17+/m1/s1. The molecule has 2 saturated heterocycles. The number of halogens is 1. The fourth-order valence-corrected chi connectivity index (χ4v) is 6.13. The van der Waals surface area contributed by atoms with Crippen LogP contribution in [0.25, 0.3) is 0 Å². The molecule has 1 aromatic carbocycles. The lowest BCUT2D eigenvalue weighted by atomic mass is 9.87. The molecule has 1 aromatic rings. The SMILES string of the molecule is CC(C)NC(=O)[C@@H]1CCS(=O)(=O)[C@H]2CN(Cc3ccc(F)cc3)C[C@@H]12. The molecule has 7 heteroatoms. The van der Waals surface area contributed by atoms with Gasteiger partial charge in [0.2, 0.25) is 5.91 Å². The Bertz CT molecular complexity index is 733. The van der Waals surface area contributed by atoms with Gasteiger partial charge in [0.25, 0.3) is 0 Å². The Kier molecular flexibility index (Phi) is 5.16. The minimum absolute atomic E-state index is 0.0384. The van der Waals surface area contributed by atoms with Gasteiger partial charge in [-0.15, -0.1) is 0 Å². The lowest BCUT2D eigenvalue weighted by Crippen LogP contribution is -2.48. The number of likely N-dealkylation sites (tertiary alicyclic amines) is 1. The van der Waals surface area contributed by atoms with Crippen LogP contribution >= 0.6 is 0 Å². The van der Waals surface area contributed by atoms with Gasteiger partial charge in [0.15, 0.2) is 9.84 Å². The van der Waals surface area contributed by atoms with E-state index in [4.69, 9.17) is 0 Å². The molecule has 0 aliphatic carbocycles. The van der Waals surface area contributed by atoms with E-state index >= 15 is 0 Å². The zero-order chi connectivity index (χ0) is 18.2. The minimum Gasteiger partial charge on any atom is -0.354 e. The van der Waals surface area contributed by atoms with Gasteiger partial charge in [0.05, 0.1) is 11.0 Å². The van der Waals surface area contributed by atoms with Crippen molar-refractivity contribution in [3.05, 3.63) is 35.6 Å². The Morgan fingerprint density at radius 2 is 1.96 bits per heavy atom. The van der Waals surface area contributed by atoms with Crippen molar-refractivity contribution in [1.82, 2.24) is 10.2 Å². The average molecular weight is 368 g/mol. The fraction of sp³-hybridized carbons (Fsp3) is 0.611. The number of amides is 1. The van der Waals surface area contributed by atoms with E-state index in [2.05, 4.69) is 10.2 Å². The van der Waals surface area contributed by atoms with Crippen molar-refractivity contribution in [1.29, 1.82) is 0 Å². The normalized spacial score (nSPS) is 28.7. The van der Waals surface area contributed by atoms with Crippen molar-refractivity contribution in [3.63, 3.8) is 0 Å². The van der Waals surface area contributed by atoms with Crippen LogP contribution in [0.1, 0.15) is 25.8 Å². The first-order chi connectivity index (χ1) is 11.8. The largest absolute Gasteiger partial charge is 0.354 e. The molecule has 2 aliphatic rings. The number of nitrogens with one attached hydrogen (secondary N) is 1. The maximum absolute atomic E-state index is 13.1. The number of hydrogen-bond acceptors (Lipinski definition) is 4. The van der Waals surface area contributed by atoms with Crippen LogP contribution in [-0.4, -0.2) is 49.4 Å². The van der Waals surface area contributed by atoms with Crippen LogP contribution in [0.2, 0.25) is 0 Å². The highest BCUT2D eigenvalue weighted by atomic mass is 32.2. The summed E-state index contributed by atoms with van der Waals surface area (Å²) < 4.78 is 38.0. The number of benzene rings is 1. The second-order valence-corrected chi connectivity index (χ2v) is 9.79. The molecule has 0 radical (unpaired) electrons. The van der Waals surface area contributed by atoms with E-state index < -0.39 is 15.1 Å². The third-order valence-corrected chi connectivity index (χ3v) is 7.39. The summed E-state index contributed by atoms with van der Waals surface area (Å²) in [4.78, 5) is 14.6. The van der Waals surface area contributed by atoms with Gasteiger partial charge in [-0.3, -0.25) is 9.69 Å². The summed E-state index contributed by atoms with van der Waals surface area (Å²) in [6, 6.07) is 6.30. The minimum atomic E-state index is -3.17. The van der Waals surface area contributed by atoms with E-state index in [0.29, 0.717) is 26.1 Å². The van der Waals surface area contributed by atoms with Crippen molar-refractivity contribution < 1.29 is 17.6 Å². The third kappa shape index (κ3) is 4.03. The molecule has 0 aromatic heterocycles. The Labute approximate surface area is 148 Å². The van der Waals surface area contributed by atoms with Crippen molar-refractivity contribution >= 4 is 15.7 Å². The third-order valence-electron chi connectivity index (χ3n) is 5.16. The topological polar surface area (TPSA) is 66.5 Å². The van der Waals surface area contributed by atoms with Crippen molar-refractivity contribution in [2.24, 2.45) is 11.8 Å². The Hall–Kier alpha value is -1.47. The summed E-state index contributed by atoms with van der Waals surface area (Å²) in [5.74, 6) is -0.670. The molecule has 138 valence electrons. The molecular formula is C18H25FN2O3S. The molecule has 0 unspecified atom stereocenters. The number of carbonyl (C=O) groups excluding carboxylic acids is 1. The number of rotatable bonds is 4. The first-order valence-corrected chi connectivity index (χ1v) is 10.5. The molecule has 0 spiro atoms. The summed E-state index contributed by atoms with van der Waals surface area (Å²) in [5.41, 5.74) is 0.945. The van der Waals surface area contributed by atoms with Gasteiger partial charge in [-0.25, -0.2) is 12.8 Å². The highest BCUT2D eigenvalue weighted by Crippen LogP contribution is 2.37. The monoisotopic (exact) mass is 368 g/mol. The van der Waals surface area contributed by atoms with Crippen LogP contribution in [0.3, 0.4) is 0 Å². The smallest absolute Gasteiger partial charge is 0.223 e. The summed E-state index contributed by atoms with van der Waals surface area (Å²) in [6.45, 7) is 5.41. The number of nitrogens with zero attached hydrogens (tertiary/aromatic N) is 1. The van der Waals surface area contributed by atoms with Crippen LogP contribution in [0.15, 0.2) is 24.3 Å². The lowest BCUT2D eigenvalue weighted by Gasteiger charge is -2.32. The summed E-state index contributed by atoms with van der Waals surface area (Å²) in [5, 5.41) is 2.45. The summed E-state index contributed by atoms with van der Waals surface area (Å²) in [7, 11) is -3.17. The molecule has 2 heterocycles. The first-order valence-electron chi connectivity index (χ1n) is 8.75. The second-order valence-electron chi connectivity index (χ2n) is 7.45. The molecule has 0 bridgehead atoms. The molecule has 3 rings (SSSR count). The predicted molar refractivity (Wildman–Crippen MR) is 94.1 cm³/mol. The van der Waals surface area contributed by atoms with Gasteiger partial charge < -0.3 is 5.32 Å². The van der Waals surface area contributed by atoms with Gasteiger partial charge in [-0.05, 0) is 38.0 Å². The first kappa shape index (κ1) is 18.3. The summed E-state index contributed by atoms with van der Waals surface area (Å²) in [6.07, 6.45) is 0.395. The molecule has 25 heavy (non-hydrogen) atoms. The zero-order valence-corrected chi connectivity index (χ0v) is 15.4. The van der Waals surface area contributed by atoms with E-state index in [1.165, 1.54) is 12.1 Å². The molecular weight excluding hydrogens is 343 g/mol. The molecule has 0 saturated carbocycles. The van der Waals surface area contributed by atoms with Crippen LogP contribution in [0.4, 0.5) is 4.39 Å². The van der Waals surface area contributed by atoms with Gasteiger partial charge in [-0.2, -0.15) is 0 Å². The second kappa shape index (κ2) is 7.03. The quantitative estimate of drug-likeness (QED) is 0.876. The average Bonchev–Trinajstić information content (AvgIpc) is 2.94. The highest BCUT2D eigenvalue weighted by molar-refractivity contribution is 7.92. The molecule has 5 nitrogen and oxygen atoms in total. The Balaban J connectivity index is 1.75. The Morgan fingerprint density at radius 1 is 1.28 bits per heavy atom. The van der Waals surface area contributed by atoms with Crippen LogP contribution < -0.4 is 5.32 Å². The van der Waals surface area contributed by atoms with Crippen molar-refractivity contribution in [2.75, 3.05) is 18.8 Å². The predicted octanol–water partition coefficient (Wildman–Crippen LogP) is 1.59. The highest BCUT2D eigenvalue weighted by Gasteiger charge is 2.50. The molecule has 1 amide bonds. The van der Waals surface area contributed by atoms with Crippen molar-refractivity contribution in [2.45, 2.75) is 38.1 Å². The Morgan fingerprint density at radius 3 is 2.60 bits per heavy atom. The van der Waals surface area contributed by atoms with Gasteiger partial charge in [-0.1, -0.05) is 12.1 Å². The van der Waals surface area contributed by atoms with E-state index in [1.807, 2.05) is 13.8 Å². The summed E-state index contributed by atoms with van der Waals surface area (Å²) >= 11 is 0. The number of sulfone groups is 1. The number of fused-ring (bicyclic) bond motifs is 1. The molecule has 2 aliphatic heterocycles. The van der Waals surface area contributed by atoms with Gasteiger partial charge in [0.1, 0.15) is 5.82 Å². The van der Waals surface area contributed by atoms with Crippen LogP contribution in [-0.2, 0) is 21.2 Å². The van der Waals surface area contributed by atoms with E-state index in [9.17, 15) is 17.6 Å². The zero-order valence-electron chi connectivity index (χ0n) is 14.6. The molecule has 1 N–H and O–H groups in total. The van der Waals surface area contributed by atoms with Crippen LogP contribution in [0.5, 0.6) is 0 Å². The maximum atomic E-state index is 13.1. The molecule has 2 fully saturated rings. The van der Waals surface area contributed by atoms with Crippen LogP contribution in [0, 0.1) is 17.7 Å². The fourth-order valence-electron chi connectivity index (χ4n) is 4.00. The molecule has 3 atom stereocenters. The van der Waals surface area contributed by atoms with E-state index in [1.54, 1.807) is 12.1 Å². The van der Waals surface area contributed by atoms with Crippen molar-refractivity contribution in [3.8, 4) is 0 Å². The number of hydrogen-bond donors (Lipinski definition) is 1. The lowest BCUT2D eigenvalue weighted by molar-refractivity contribution is -0.127. The van der Waals surface area contributed by atoms with E-state index in [0.717, 1.165) is 5.56 Å². The van der Waals surface area contributed by atoms with Gasteiger partial charge >= 0.3 is 0 Å². The van der Waals surface area contributed by atoms with E-state index in [-0.39, 0.29) is 35.4 Å². The van der Waals surface area contributed by atoms with Gasteiger partial charge in [0, 0.05) is 37.5 Å². The maximum Gasteiger partial charge on any atom is 0.223 e.